The molecular formula is C14H21NO2. The Morgan fingerprint density at radius 2 is 1.94 bits per heavy atom. The fraction of sp³-hybridized carbons (Fsp3) is 0.500. The van der Waals surface area contributed by atoms with E-state index in [1.165, 1.54) is 0 Å². The Morgan fingerprint density at radius 1 is 1.29 bits per heavy atom. The number of ether oxygens (including phenoxy) is 1. The molecule has 0 fully saturated rings. The summed E-state index contributed by atoms with van der Waals surface area (Å²) < 4.78 is 5.64. The van der Waals surface area contributed by atoms with E-state index in [4.69, 9.17) is 4.74 Å². The molecule has 0 aliphatic heterocycles. The van der Waals surface area contributed by atoms with E-state index in [9.17, 15) is 4.79 Å². The molecule has 0 aliphatic rings. The first-order valence-corrected chi connectivity index (χ1v) is 5.94. The van der Waals surface area contributed by atoms with Crippen LogP contribution in [0.3, 0.4) is 0 Å². The average Bonchev–Trinajstić information content (AvgIpc) is 2.29. The Kier molecular flexibility index (Phi) is 4.70. The van der Waals surface area contributed by atoms with Gasteiger partial charge in [0.25, 0.3) is 0 Å². The summed E-state index contributed by atoms with van der Waals surface area (Å²) in [4.78, 5) is 12.0. The van der Waals surface area contributed by atoms with Crippen molar-refractivity contribution in [1.29, 1.82) is 0 Å². The zero-order valence-electron chi connectivity index (χ0n) is 11.2. The van der Waals surface area contributed by atoms with E-state index in [0.717, 1.165) is 16.9 Å². The number of ketones is 1. The molecule has 0 radical (unpaired) electrons. The van der Waals surface area contributed by atoms with Gasteiger partial charge in [-0.2, -0.15) is 0 Å². The highest BCUT2D eigenvalue weighted by molar-refractivity contribution is 6.00. The summed E-state index contributed by atoms with van der Waals surface area (Å²) in [5.74, 6) is 0.945. The molecule has 1 aromatic rings. The number of carbonyl (C=O) groups excluding carboxylic acids is 1. The zero-order chi connectivity index (χ0) is 13.0. The molecule has 0 spiro atoms. The quantitative estimate of drug-likeness (QED) is 0.797. The SMILES string of the molecule is CNC(C)C(=O)c1ccc(OC(C)C)c(C)c1. The maximum atomic E-state index is 12.0. The van der Waals surface area contributed by atoms with Gasteiger partial charge < -0.3 is 10.1 Å². The predicted molar refractivity (Wildman–Crippen MR) is 69.8 cm³/mol. The van der Waals surface area contributed by atoms with Gasteiger partial charge in [-0.3, -0.25) is 4.79 Å². The van der Waals surface area contributed by atoms with Crippen LogP contribution in [0.2, 0.25) is 0 Å². The van der Waals surface area contributed by atoms with Gasteiger partial charge in [0.2, 0.25) is 0 Å². The van der Waals surface area contributed by atoms with Crippen molar-refractivity contribution >= 4 is 5.78 Å². The standard InChI is InChI=1S/C14H21NO2/c1-9(2)17-13-7-6-12(8-10(13)3)14(16)11(4)15-5/h6-9,11,15H,1-5H3. The first-order valence-electron chi connectivity index (χ1n) is 5.94. The molecule has 0 aromatic heterocycles. The van der Waals surface area contributed by atoms with Gasteiger partial charge in [0.15, 0.2) is 5.78 Å². The van der Waals surface area contributed by atoms with Crippen LogP contribution in [-0.4, -0.2) is 25.0 Å². The highest BCUT2D eigenvalue weighted by atomic mass is 16.5. The van der Waals surface area contributed by atoms with Crippen LogP contribution in [0, 0.1) is 6.92 Å². The molecule has 1 N–H and O–H groups in total. The van der Waals surface area contributed by atoms with Gasteiger partial charge in [0.1, 0.15) is 5.75 Å². The summed E-state index contributed by atoms with van der Waals surface area (Å²) in [6, 6.07) is 5.41. The molecule has 0 bridgehead atoms. The van der Waals surface area contributed by atoms with E-state index in [0.29, 0.717) is 0 Å². The molecule has 0 amide bonds. The summed E-state index contributed by atoms with van der Waals surface area (Å²) in [6.45, 7) is 7.79. The third-order valence-corrected chi connectivity index (χ3v) is 2.65. The minimum absolute atomic E-state index is 0.103. The fourth-order valence-electron chi connectivity index (χ4n) is 1.57. The van der Waals surface area contributed by atoms with Crippen LogP contribution in [0.15, 0.2) is 18.2 Å². The number of rotatable bonds is 5. The maximum Gasteiger partial charge on any atom is 0.179 e. The van der Waals surface area contributed by atoms with Crippen LogP contribution >= 0.6 is 0 Å². The van der Waals surface area contributed by atoms with Crippen molar-refractivity contribution in [3.8, 4) is 5.75 Å². The lowest BCUT2D eigenvalue weighted by molar-refractivity contribution is 0.0955. The highest BCUT2D eigenvalue weighted by Gasteiger charge is 2.14. The van der Waals surface area contributed by atoms with Gasteiger partial charge in [-0.25, -0.2) is 0 Å². The Labute approximate surface area is 103 Å². The molecule has 17 heavy (non-hydrogen) atoms. The van der Waals surface area contributed by atoms with Crippen LogP contribution < -0.4 is 10.1 Å². The number of hydrogen-bond acceptors (Lipinski definition) is 3. The summed E-state index contributed by atoms with van der Waals surface area (Å²) in [6.07, 6.45) is 0.145. The van der Waals surface area contributed by atoms with Crippen molar-refractivity contribution in [3.05, 3.63) is 29.3 Å². The maximum absolute atomic E-state index is 12.0. The van der Waals surface area contributed by atoms with Gasteiger partial charge in [-0.1, -0.05) is 0 Å². The zero-order valence-corrected chi connectivity index (χ0v) is 11.2. The number of Topliss-reactive ketones (excluding diaryl/α,β-unsaturated/α-hetero) is 1. The number of carbonyl (C=O) groups is 1. The Balaban J connectivity index is 2.92. The van der Waals surface area contributed by atoms with Crippen LogP contribution in [0.25, 0.3) is 0 Å². The predicted octanol–water partition coefficient (Wildman–Crippen LogP) is 2.57. The van der Waals surface area contributed by atoms with Gasteiger partial charge in [-0.15, -0.1) is 0 Å². The number of nitrogens with one attached hydrogen (secondary N) is 1. The minimum Gasteiger partial charge on any atom is -0.491 e. The first kappa shape index (κ1) is 13.7. The summed E-state index contributed by atoms with van der Waals surface area (Å²) in [5, 5.41) is 2.95. The summed E-state index contributed by atoms with van der Waals surface area (Å²) in [7, 11) is 1.78. The number of benzene rings is 1. The van der Waals surface area contributed by atoms with Gasteiger partial charge in [0.05, 0.1) is 12.1 Å². The third kappa shape index (κ3) is 3.56. The topological polar surface area (TPSA) is 38.3 Å². The molecule has 0 saturated carbocycles. The molecule has 1 rings (SSSR count). The number of aryl methyl sites for hydroxylation is 1. The van der Waals surface area contributed by atoms with Crippen LogP contribution in [-0.2, 0) is 0 Å². The van der Waals surface area contributed by atoms with Gasteiger partial charge >= 0.3 is 0 Å². The van der Waals surface area contributed by atoms with Crippen LogP contribution in [0.1, 0.15) is 36.7 Å². The van der Waals surface area contributed by atoms with E-state index >= 15 is 0 Å². The van der Waals surface area contributed by atoms with Crippen molar-refractivity contribution < 1.29 is 9.53 Å². The second kappa shape index (κ2) is 5.82. The van der Waals surface area contributed by atoms with Crippen molar-refractivity contribution in [2.75, 3.05) is 7.05 Å². The largest absolute Gasteiger partial charge is 0.491 e. The van der Waals surface area contributed by atoms with Gasteiger partial charge in [-0.05, 0) is 58.5 Å². The molecule has 3 nitrogen and oxygen atoms in total. The third-order valence-electron chi connectivity index (χ3n) is 2.65. The molecule has 0 saturated heterocycles. The lowest BCUT2D eigenvalue weighted by Crippen LogP contribution is -2.30. The second-order valence-electron chi connectivity index (χ2n) is 4.52. The fourth-order valence-corrected chi connectivity index (χ4v) is 1.57. The Bertz CT molecular complexity index is 399. The monoisotopic (exact) mass is 235 g/mol. The first-order chi connectivity index (χ1) is 7.95. The molecule has 94 valence electrons. The molecule has 0 heterocycles. The van der Waals surface area contributed by atoms with Crippen molar-refractivity contribution in [1.82, 2.24) is 5.32 Å². The molecular weight excluding hydrogens is 214 g/mol. The van der Waals surface area contributed by atoms with Crippen molar-refractivity contribution in [2.24, 2.45) is 0 Å². The van der Waals surface area contributed by atoms with E-state index in [2.05, 4.69) is 5.32 Å². The summed E-state index contributed by atoms with van der Waals surface area (Å²) >= 11 is 0. The Hall–Kier alpha value is -1.35. The number of likely N-dealkylation sites (N-methyl/N-ethyl adjacent to an activating group) is 1. The number of hydrogen-bond donors (Lipinski definition) is 1. The van der Waals surface area contributed by atoms with E-state index in [-0.39, 0.29) is 17.9 Å². The molecule has 0 aliphatic carbocycles. The normalized spacial score (nSPS) is 12.6. The smallest absolute Gasteiger partial charge is 0.179 e. The minimum atomic E-state index is -0.161. The highest BCUT2D eigenvalue weighted by Crippen LogP contribution is 2.21. The molecule has 1 unspecified atom stereocenters. The van der Waals surface area contributed by atoms with Crippen LogP contribution in [0.5, 0.6) is 5.75 Å². The Morgan fingerprint density at radius 3 is 2.41 bits per heavy atom. The van der Waals surface area contributed by atoms with E-state index in [1.54, 1.807) is 7.05 Å². The molecule has 3 heteroatoms. The lowest BCUT2D eigenvalue weighted by atomic mass is 10.0. The van der Waals surface area contributed by atoms with E-state index < -0.39 is 0 Å². The molecule has 1 aromatic carbocycles. The van der Waals surface area contributed by atoms with Crippen LogP contribution in [0.4, 0.5) is 0 Å². The second-order valence-corrected chi connectivity index (χ2v) is 4.52. The lowest BCUT2D eigenvalue weighted by Gasteiger charge is -2.14. The average molecular weight is 235 g/mol. The molecule has 1 atom stereocenters. The summed E-state index contributed by atoms with van der Waals surface area (Å²) in [5.41, 5.74) is 1.72. The van der Waals surface area contributed by atoms with Crippen molar-refractivity contribution in [2.45, 2.75) is 39.8 Å². The van der Waals surface area contributed by atoms with Gasteiger partial charge in [0, 0.05) is 5.56 Å². The van der Waals surface area contributed by atoms with Crippen molar-refractivity contribution in [3.63, 3.8) is 0 Å². The van der Waals surface area contributed by atoms with E-state index in [1.807, 2.05) is 45.9 Å².